The summed E-state index contributed by atoms with van der Waals surface area (Å²) in [5.74, 6) is 0.0934. The minimum absolute atomic E-state index is 0.0934. The molecule has 0 heterocycles. The molecule has 3 heteroatoms. The van der Waals surface area contributed by atoms with E-state index in [4.69, 9.17) is 9.90 Å². The number of terminal acetylenes is 1. The van der Waals surface area contributed by atoms with Crippen LogP contribution in [0.5, 0.6) is 0 Å². The standard InChI is InChI=1S/C15H14O.C2H2.CH2O2/c1-2-12-7-6-10-14(11-12)15(16)13-8-4-3-5-9-13;1-2;2-1-3/h3-11H,2H2,1H3;1-2H;1H,(H,2,3). The lowest BCUT2D eigenvalue weighted by Crippen LogP contribution is -2.01. The molecule has 3 nitrogen and oxygen atoms in total. The molecule has 2 rings (SSSR count). The fraction of sp³-hybridized carbons (Fsp3) is 0.111. The number of hydrogen-bond donors (Lipinski definition) is 1. The van der Waals surface area contributed by atoms with Crippen molar-refractivity contribution in [3.63, 3.8) is 0 Å². The first kappa shape index (κ1) is 18.1. The summed E-state index contributed by atoms with van der Waals surface area (Å²) in [6.45, 7) is 1.84. The average molecular weight is 282 g/mol. The largest absolute Gasteiger partial charge is 0.483 e. The summed E-state index contributed by atoms with van der Waals surface area (Å²) in [5, 5.41) is 6.89. The van der Waals surface area contributed by atoms with Crippen LogP contribution in [0.4, 0.5) is 0 Å². The second-order valence-corrected chi connectivity index (χ2v) is 3.85. The molecule has 0 radical (unpaired) electrons. The minimum atomic E-state index is -0.250. The second-order valence-electron chi connectivity index (χ2n) is 3.85. The van der Waals surface area contributed by atoms with Gasteiger partial charge in [0.1, 0.15) is 0 Å². The zero-order valence-corrected chi connectivity index (χ0v) is 11.9. The van der Waals surface area contributed by atoms with E-state index in [1.807, 2.05) is 54.6 Å². The molecule has 0 aromatic heterocycles. The van der Waals surface area contributed by atoms with E-state index in [-0.39, 0.29) is 12.3 Å². The molecule has 21 heavy (non-hydrogen) atoms. The first-order valence-electron chi connectivity index (χ1n) is 6.32. The van der Waals surface area contributed by atoms with Gasteiger partial charge in [0, 0.05) is 11.1 Å². The van der Waals surface area contributed by atoms with Gasteiger partial charge in [-0.05, 0) is 18.1 Å². The Balaban J connectivity index is 0.000000713. The van der Waals surface area contributed by atoms with E-state index in [0.717, 1.165) is 17.5 Å². The van der Waals surface area contributed by atoms with Crippen LogP contribution < -0.4 is 0 Å². The van der Waals surface area contributed by atoms with Crippen molar-refractivity contribution in [1.29, 1.82) is 0 Å². The predicted octanol–water partition coefficient (Wildman–Crippen LogP) is 3.43. The molecule has 0 unspecified atom stereocenters. The Morgan fingerprint density at radius 1 is 1.05 bits per heavy atom. The fourth-order valence-electron chi connectivity index (χ4n) is 1.69. The molecule has 0 aliphatic rings. The highest BCUT2D eigenvalue weighted by Crippen LogP contribution is 2.11. The highest BCUT2D eigenvalue weighted by Gasteiger charge is 2.07. The van der Waals surface area contributed by atoms with Crippen molar-refractivity contribution in [3.8, 4) is 12.8 Å². The quantitative estimate of drug-likeness (QED) is 0.533. The summed E-state index contributed by atoms with van der Waals surface area (Å²) in [6, 6.07) is 17.2. The van der Waals surface area contributed by atoms with Crippen LogP contribution >= 0.6 is 0 Å². The van der Waals surface area contributed by atoms with Crippen LogP contribution in [0.3, 0.4) is 0 Å². The normalized spacial score (nSPS) is 8.33. The van der Waals surface area contributed by atoms with Crippen molar-refractivity contribution >= 4 is 12.3 Å². The Labute approximate surface area is 125 Å². The van der Waals surface area contributed by atoms with Crippen molar-refractivity contribution in [3.05, 3.63) is 71.3 Å². The van der Waals surface area contributed by atoms with Gasteiger partial charge in [-0.2, -0.15) is 0 Å². The molecule has 2 aromatic rings. The van der Waals surface area contributed by atoms with Gasteiger partial charge in [-0.3, -0.25) is 9.59 Å². The first-order valence-corrected chi connectivity index (χ1v) is 6.32. The van der Waals surface area contributed by atoms with Gasteiger partial charge in [0.05, 0.1) is 0 Å². The van der Waals surface area contributed by atoms with E-state index in [1.165, 1.54) is 5.56 Å². The molecule has 2 aromatic carbocycles. The van der Waals surface area contributed by atoms with Crippen LogP contribution in [0.2, 0.25) is 0 Å². The van der Waals surface area contributed by atoms with Gasteiger partial charge in [0.2, 0.25) is 0 Å². The van der Waals surface area contributed by atoms with Gasteiger partial charge in [0.25, 0.3) is 6.47 Å². The molecular weight excluding hydrogens is 264 g/mol. The van der Waals surface area contributed by atoms with Gasteiger partial charge < -0.3 is 5.11 Å². The van der Waals surface area contributed by atoms with Gasteiger partial charge in [-0.15, -0.1) is 12.8 Å². The number of ketones is 1. The lowest BCUT2D eigenvalue weighted by molar-refractivity contribution is -0.122. The number of carbonyl (C=O) groups excluding carboxylic acids is 1. The highest BCUT2D eigenvalue weighted by atomic mass is 16.3. The molecule has 0 atom stereocenters. The van der Waals surface area contributed by atoms with E-state index >= 15 is 0 Å². The predicted molar refractivity (Wildman–Crippen MR) is 84.3 cm³/mol. The molecule has 0 amide bonds. The molecular formula is C18H18O3. The number of hydrogen-bond acceptors (Lipinski definition) is 2. The molecule has 0 spiro atoms. The Bertz CT molecular complexity index is 571. The Morgan fingerprint density at radius 2 is 1.57 bits per heavy atom. The minimum Gasteiger partial charge on any atom is -0.483 e. The summed E-state index contributed by atoms with van der Waals surface area (Å²) in [5.41, 5.74) is 2.71. The molecule has 0 saturated carbocycles. The van der Waals surface area contributed by atoms with Crippen LogP contribution in [0, 0.1) is 12.8 Å². The van der Waals surface area contributed by atoms with Crippen LogP contribution in [-0.2, 0) is 11.2 Å². The van der Waals surface area contributed by atoms with Crippen molar-refractivity contribution in [2.75, 3.05) is 0 Å². The third-order valence-corrected chi connectivity index (χ3v) is 2.63. The topological polar surface area (TPSA) is 54.4 Å². The Hall–Kier alpha value is -2.86. The van der Waals surface area contributed by atoms with E-state index < -0.39 is 0 Å². The first-order chi connectivity index (χ1) is 10.2. The number of carbonyl (C=O) groups is 2. The highest BCUT2D eigenvalue weighted by molar-refractivity contribution is 6.09. The van der Waals surface area contributed by atoms with Gasteiger partial charge in [-0.25, -0.2) is 0 Å². The van der Waals surface area contributed by atoms with Crippen LogP contribution in [-0.4, -0.2) is 17.4 Å². The van der Waals surface area contributed by atoms with E-state index in [0.29, 0.717) is 0 Å². The van der Waals surface area contributed by atoms with Crippen molar-refractivity contribution in [2.45, 2.75) is 13.3 Å². The summed E-state index contributed by atoms with van der Waals surface area (Å²) in [7, 11) is 0. The maximum absolute atomic E-state index is 12.1. The van der Waals surface area contributed by atoms with Gasteiger partial charge >= 0.3 is 0 Å². The monoisotopic (exact) mass is 282 g/mol. The van der Waals surface area contributed by atoms with Crippen LogP contribution in [0.25, 0.3) is 0 Å². The van der Waals surface area contributed by atoms with E-state index in [9.17, 15) is 4.79 Å². The van der Waals surface area contributed by atoms with E-state index in [2.05, 4.69) is 19.8 Å². The average Bonchev–Trinajstić information content (AvgIpc) is 2.57. The molecule has 1 N–H and O–H groups in total. The molecule has 0 saturated heterocycles. The third kappa shape index (κ3) is 6.22. The zero-order chi connectivity index (χ0) is 16.1. The molecule has 108 valence electrons. The van der Waals surface area contributed by atoms with Gasteiger partial charge in [-0.1, -0.05) is 55.5 Å². The van der Waals surface area contributed by atoms with Crippen LogP contribution in [0.15, 0.2) is 54.6 Å². The lowest BCUT2D eigenvalue weighted by Gasteiger charge is -2.03. The maximum atomic E-state index is 12.1. The number of benzene rings is 2. The van der Waals surface area contributed by atoms with Crippen molar-refractivity contribution < 1.29 is 14.7 Å². The summed E-state index contributed by atoms with van der Waals surface area (Å²) >= 11 is 0. The lowest BCUT2D eigenvalue weighted by atomic mass is 10.0. The zero-order valence-electron chi connectivity index (χ0n) is 11.9. The van der Waals surface area contributed by atoms with Crippen molar-refractivity contribution in [2.24, 2.45) is 0 Å². The Kier molecular flexibility index (Phi) is 9.51. The maximum Gasteiger partial charge on any atom is 0.290 e. The summed E-state index contributed by atoms with van der Waals surface area (Å²) in [4.78, 5) is 20.5. The summed E-state index contributed by atoms with van der Waals surface area (Å²) in [6.07, 6.45) is 8.95. The summed E-state index contributed by atoms with van der Waals surface area (Å²) < 4.78 is 0. The SMILES string of the molecule is C#C.CCc1cccc(C(=O)c2ccccc2)c1.O=CO. The van der Waals surface area contributed by atoms with Crippen LogP contribution in [0.1, 0.15) is 28.4 Å². The number of aryl methyl sites for hydroxylation is 1. The molecule has 0 aliphatic heterocycles. The van der Waals surface area contributed by atoms with E-state index in [1.54, 1.807) is 0 Å². The second kappa shape index (κ2) is 11.0. The smallest absolute Gasteiger partial charge is 0.290 e. The number of carboxylic acid groups (broad SMARTS) is 1. The number of rotatable bonds is 3. The fourth-order valence-corrected chi connectivity index (χ4v) is 1.69. The van der Waals surface area contributed by atoms with Crippen molar-refractivity contribution in [1.82, 2.24) is 0 Å². The van der Waals surface area contributed by atoms with Gasteiger partial charge in [0.15, 0.2) is 5.78 Å². The molecule has 0 bridgehead atoms. The molecule has 0 fully saturated rings. The Morgan fingerprint density at radius 3 is 2.10 bits per heavy atom. The third-order valence-electron chi connectivity index (χ3n) is 2.63. The molecule has 0 aliphatic carbocycles.